The molecule has 0 bridgehead atoms. The predicted molar refractivity (Wildman–Crippen MR) is 120 cm³/mol. The minimum atomic E-state index is 0. The molecule has 156 valence electrons. The van der Waals surface area contributed by atoms with Gasteiger partial charge in [-0.1, -0.05) is 35.0 Å². The Balaban J connectivity index is 0.00000150. The van der Waals surface area contributed by atoms with Crippen LogP contribution in [0.15, 0.2) is 47.1 Å². The molecule has 4 rings (SSSR count). The maximum Gasteiger partial charge on any atom is 0.240 e. The average molecular weight is 483 g/mol. The maximum absolute atomic E-state index is 12.7. The van der Waals surface area contributed by atoms with Crippen LogP contribution in [0.2, 0.25) is 0 Å². The minimum absolute atomic E-state index is 0. The Morgan fingerprint density at radius 1 is 1.28 bits per heavy atom. The number of aromatic nitrogens is 3. The van der Waals surface area contributed by atoms with Crippen molar-refractivity contribution in [3.8, 4) is 11.4 Å². The lowest BCUT2D eigenvalue weighted by Gasteiger charge is -2.15. The summed E-state index contributed by atoms with van der Waals surface area (Å²) >= 11 is 3.46. The molecule has 1 saturated heterocycles. The Labute approximate surface area is 184 Å². The molecule has 9 heteroatoms. The second kappa shape index (κ2) is 10.2. The number of benzene rings is 1. The number of imidazole rings is 1. The van der Waals surface area contributed by atoms with E-state index in [2.05, 4.69) is 38.1 Å². The number of fused-ring (bicyclic) bond motifs is 1. The molecule has 0 saturated carbocycles. The lowest BCUT2D eigenvalue weighted by Crippen LogP contribution is -2.39. The van der Waals surface area contributed by atoms with E-state index in [1.54, 1.807) is 6.20 Å². The number of pyridine rings is 1. The van der Waals surface area contributed by atoms with Gasteiger partial charge in [-0.15, -0.1) is 12.4 Å². The number of carbonyl (C=O) groups is 1. The molecule has 1 atom stereocenters. The third-order valence-electron chi connectivity index (χ3n) is 4.99. The van der Waals surface area contributed by atoms with Gasteiger partial charge >= 0.3 is 0 Å². The molecule has 1 fully saturated rings. The summed E-state index contributed by atoms with van der Waals surface area (Å²) in [6.45, 7) is 5.35. The van der Waals surface area contributed by atoms with Crippen molar-refractivity contribution in [2.24, 2.45) is 0 Å². The van der Waals surface area contributed by atoms with Crippen LogP contribution in [0, 0.1) is 0 Å². The highest BCUT2D eigenvalue weighted by atomic mass is 79.9. The van der Waals surface area contributed by atoms with Crippen molar-refractivity contribution in [2.75, 3.05) is 19.6 Å². The van der Waals surface area contributed by atoms with E-state index in [0.717, 1.165) is 53.1 Å². The molecule has 3 N–H and O–H groups in total. The molecule has 1 unspecified atom stereocenters. The van der Waals surface area contributed by atoms with Crippen molar-refractivity contribution in [1.82, 2.24) is 24.8 Å². The monoisotopic (exact) mass is 481 g/mol. The molecule has 29 heavy (non-hydrogen) atoms. The van der Waals surface area contributed by atoms with Crippen LogP contribution >= 0.6 is 28.3 Å². The SMILES string of the molecule is CCN1CCC(NC(=O)Cn2c(-c3ccc(Br)cc3)nc3cccnc32)C1.Cl.O. The van der Waals surface area contributed by atoms with Crippen molar-refractivity contribution in [1.29, 1.82) is 0 Å². The number of halogens is 2. The zero-order valence-corrected chi connectivity index (χ0v) is 18.5. The van der Waals surface area contributed by atoms with E-state index in [-0.39, 0.29) is 36.4 Å². The lowest BCUT2D eigenvalue weighted by molar-refractivity contribution is -0.122. The number of rotatable bonds is 5. The average Bonchev–Trinajstić information content (AvgIpc) is 3.27. The van der Waals surface area contributed by atoms with Crippen LogP contribution in [0.1, 0.15) is 13.3 Å². The number of nitrogens with one attached hydrogen (secondary N) is 1. The Morgan fingerprint density at radius 2 is 2.03 bits per heavy atom. The van der Waals surface area contributed by atoms with E-state index in [9.17, 15) is 4.79 Å². The largest absolute Gasteiger partial charge is 0.412 e. The second-order valence-electron chi connectivity index (χ2n) is 6.82. The number of likely N-dealkylation sites (N-methyl/N-ethyl adjacent to an activating group) is 1. The van der Waals surface area contributed by atoms with Crippen LogP contribution in [0.4, 0.5) is 0 Å². The van der Waals surface area contributed by atoms with E-state index in [1.807, 2.05) is 41.0 Å². The molecule has 1 amide bonds. The molecule has 0 radical (unpaired) electrons. The number of likely N-dealkylation sites (tertiary alicyclic amines) is 1. The van der Waals surface area contributed by atoms with Gasteiger partial charge in [-0.3, -0.25) is 9.36 Å². The van der Waals surface area contributed by atoms with Crippen LogP contribution < -0.4 is 5.32 Å². The van der Waals surface area contributed by atoms with Crippen LogP contribution in [0.5, 0.6) is 0 Å². The summed E-state index contributed by atoms with van der Waals surface area (Å²) in [6, 6.07) is 12.0. The lowest BCUT2D eigenvalue weighted by atomic mass is 10.2. The first-order valence-electron chi connectivity index (χ1n) is 9.23. The van der Waals surface area contributed by atoms with E-state index < -0.39 is 0 Å². The molecule has 3 aromatic rings. The van der Waals surface area contributed by atoms with Gasteiger partial charge in [0.15, 0.2) is 5.65 Å². The maximum atomic E-state index is 12.7. The molecule has 0 spiro atoms. The third kappa shape index (κ3) is 5.14. The van der Waals surface area contributed by atoms with Crippen LogP contribution in [0.25, 0.3) is 22.6 Å². The first-order valence-corrected chi connectivity index (χ1v) is 10.0. The Hall–Kier alpha value is -2.00. The molecule has 1 aliphatic heterocycles. The predicted octanol–water partition coefficient (Wildman–Crippen LogP) is 2.67. The molecule has 3 heterocycles. The highest BCUT2D eigenvalue weighted by Crippen LogP contribution is 2.25. The number of amides is 1. The van der Waals surface area contributed by atoms with Gasteiger partial charge in [0.1, 0.15) is 17.9 Å². The van der Waals surface area contributed by atoms with Crippen molar-refractivity contribution in [3.05, 3.63) is 47.1 Å². The summed E-state index contributed by atoms with van der Waals surface area (Å²) in [5, 5.41) is 3.17. The van der Waals surface area contributed by atoms with Crippen LogP contribution in [-0.2, 0) is 11.3 Å². The summed E-state index contributed by atoms with van der Waals surface area (Å²) in [5.74, 6) is 0.759. The molecule has 1 aliphatic rings. The van der Waals surface area contributed by atoms with Crippen molar-refractivity contribution < 1.29 is 10.3 Å². The summed E-state index contributed by atoms with van der Waals surface area (Å²) in [6.07, 6.45) is 2.74. The second-order valence-corrected chi connectivity index (χ2v) is 7.74. The number of hydrogen-bond acceptors (Lipinski definition) is 4. The van der Waals surface area contributed by atoms with Crippen LogP contribution in [0.3, 0.4) is 0 Å². The zero-order chi connectivity index (χ0) is 18.8. The summed E-state index contributed by atoms with van der Waals surface area (Å²) in [7, 11) is 0. The van der Waals surface area contributed by atoms with Crippen molar-refractivity contribution in [3.63, 3.8) is 0 Å². The van der Waals surface area contributed by atoms with Gasteiger partial charge in [0.05, 0.1) is 0 Å². The van der Waals surface area contributed by atoms with Gasteiger partial charge in [-0.05, 0) is 37.2 Å². The molecular weight excluding hydrogens is 458 g/mol. The third-order valence-corrected chi connectivity index (χ3v) is 5.52. The van der Waals surface area contributed by atoms with E-state index >= 15 is 0 Å². The van der Waals surface area contributed by atoms with E-state index in [4.69, 9.17) is 4.98 Å². The topological polar surface area (TPSA) is 94.6 Å². The smallest absolute Gasteiger partial charge is 0.240 e. The molecule has 0 aliphatic carbocycles. The summed E-state index contributed by atoms with van der Waals surface area (Å²) in [4.78, 5) is 24.3. The summed E-state index contributed by atoms with van der Waals surface area (Å²) < 4.78 is 2.91. The number of carbonyl (C=O) groups excluding carboxylic acids is 1. The van der Waals surface area contributed by atoms with Gasteiger partial charge in [0.25, 0.3) is 0 Å². The fraction of sp³-hybridized carbons (Fsp3) is 0.350. The quantitative estimate of drug-likeness (QED) is 0.605. The van der Waals surface area contributed by atoms with Crippen LogP contribution in [-0.4, -0.2) is 56.5 Å². The first kappa shape index (κ1) is 23.3. The van der Waals surface area contributed by atoms with Gasteiger partial charge in [0, 0.05) is 35.4 Å². The first-order chi connectivity index (χ1) is 13.1. The molecular formula is C20H25BrClN5O2. The highest BCUT2D eigenvalue weighted by Gasteiger charge is 2.23. The van der Waals surface area contributed by atoms with Gasteiger partial charge < -0.3 is 15.7 Å². The Bertz CT molecular complexity index is 963. The number of hydrogen-bond donors (Lipinski definition) is 1. The fourth-order valence-electron chi connectivity index (χ4n) is 3.58. The van der Waals surface area contributed by atoms with Gasteiger partial charge in [-0.2, -0.15) is 0 Å². The Kier molecular flexibility index (Phi) is 8.15. The summed E-state index contributed by atoms with van der Waals surface area (Å²) in [5.41, 5.74) is 2.48. The highest BCUT2D eigenvalue weighted by molar-refractivity contribution is 9.10. The number of nitrogens with zero attached hydrogens (tertiary/aromatic N) is 4. The molecule has 7 nitrogen and oxygen atoms in total. The standard InChI is InChI=1S/C20H22BrN5O.ClH.H2O/c1-2-25-11-9-16(12-25)23-18(27)13-26-19(14-5-7-15(21)8-6-14)24-17-4-3-10-22-20(17)26;;/h3-8,10,16H,2,9,11-13H2,1H3,(H,23,27);1H;1H2. The van der Waals surface area contributed by atoms with Gasteiger partial charge in [0.2, 0.25) is 5.91 Å². The Morgan fingerprint density at radius 3 is 2.72 bits per heavy atom. The fourth-order valence-corrected chi connectivity index (χ4v) is 3.85. The zero-order valence-electron chi connectivity index (χ0n) is 16.1. The minimum Gasteiger partial charge on any atom is -0.412 e. The molecule has 1 aromatic carbocycles. The van der Waals surface area contributed by atoms with Gasteiger partial charge in [-0.25, -0.2) is 9.97 Å². The van der Waals surface area contributed by atoms with Crippen molar-refractivity contribution in [2.45, 2.75) is 25.9 Å². The van der Waals surface area contributed by atoms with E-state index in [1.165, 1.54) is 0 Å². The van der Waals surface area contributed by atoms with E-state index in [0.29, 0.717) is 0 Å². The van der Waals surface area contributed by atoms with Crippen molar-refractivity contribution >= 4 is 45.4 Å². The normalized spacial score (nSPS) is 16.3. The molecule has 2 aromatic heterocycles.